The average Bonchev–Trinajstić information content (AvgIpc) is 3.19. The molecular weight excluding hydrogens is 463 g/mol. The Kier molecular flexibility index (Phi) is 6.84. The molecule has 1 amide bonds. The molecule has 0 saturated carbocycles. The van der Waals surface area contributed by atoms with Crippen molar-refractivity contribution in [3.05, 3.63) is 87.9 Å². The van der Waals surface area contributed by atoms with Crippen LogP contribution in [-0.4, -0.2) is 26.4 Å². The Balaban J connectivity index is 1.62. The summed E-state index contributed by atoms with van der Waals surface area (Å²) in [5.41, 5.74) is 4.44. The smallest absolute Gasteiger partial charge is 0.234 e. The predicted molar refractivity (Wildman–Crippen MR) is 132 cm³/mol. The van der Waals surface area contributed by atoms with Gasteiger partial charge in [0.25, 0.3) is 0 Å². The van der Waals surface area contributed by atoms with E-state index in [1.165, 1.54) is 11.8 Å². The van der Waals surface area contributed by atoms with E-state index in [2.05, 4.69) is 15.5 Å². The Morgan fingerprint density at radius 3 is 2.50 bits per heavy atom. The molecule has 0 fully saturated rings. The number of anilines is 1. The van der Waals surface area contributed by atoms with Gasteiger partial charge in [-0.05, 0) is 55.8 Å². The van der Waals surface area contributed by atoms with Crippen molar-refractivity contribution in [3.63, 3.8) is 0 Å². The van der Waals surface area contributed by atoms with Crippen LogP contribution in [0.1, 0.15) is 11.1 Å². The highest BCUT2D eigenvalue weighted by molar-refractivity contribution is 7.99. The summed E-state index contributed by atoms with van der Waals surface area (Å²) in [5, 5.41) is 13.4. The molecule has 0 saturated heterocycles. The standard InChI is InChI=1S/C24H20Cl2N4OS/c1-15-7-11-18(12-8-15)30-23(19-5-3-4-6-20(19)26)28-29-24(30)32-14-22(31)27-21-13-17(25)10-9-16(21)2/h3-13H,14H2,1-2H3,(H,27,31). The van der Waals surface area contributed by atoms with Gasteiger partial charge in [-0.3, -0.25) is 9.36 Å². The minimum atomic E-state index is -0.155. The van der Waals surface area contributed by atoms with Crippen molar-refractivity contribution in [1.82, 2.24) is 14.8 Å². The maximum atomic E-state index is 12.6. The van der Waals surface area contributed by atoms with E-state index in [1.54, 1.807) is 12.1 Å². The zero-order valence-electron chi connectivity index (χ0n) is 17.5. The maximum Gasteiger partial charge on any atom is 0.234 e. The second-order valence-corrected chi connectivity index (χ2v) is 9.04. The largest absolute Gasteiger partial charge is 0.325 e. The number of thioether (sulfide) groups is 1. The van der Waals surface area contributed by atoms with Crippen LogP contribution in [0.2, 0.25) is 10.0 Å². The zero-order valence-corrected chi connectivity index (χ0v) is 19.8. The summed E-state index contributed by atoms with van der Waals surface area (Å²) in [7, 11) is 0. The van der Waals surface area contributed by atoms with Crippen LogP contribution in [0.5, 0.6) is 0 Å². The maximum absolute atomic E-state index is 12.6. The van der Waals surface area contributed by atoms with E-state index in [-0.39, 0.29) is 11.7 Å². The molecule has 0 aliphatic carbocycles. The number of amides is 1. The number of carbonyl (C=O) groups excluding carboxylic acids is 1. The first kappa shape index (κ1) is 22.4. The minimum absolute atomic E-state index is 0.155. The molecule has 0 spiro atoms. The summed E-state index contributed by atoms with van der Waals surface area (Å²) in [6, 6.07) is 20.9. The monoisotopic (exact) mass is 482 g/mol. The molecule has 4 rings (SSSR count). The molecule has 0 bridgehead atoms. The molecule has 0 aliphatic rings. The Bertz CT molecular complexity index is 1270. The number of aryl methyl sites for hydroxylation is 2. The van der Waals surface area contributed by atoms with Crippen molar-refractivity contribution in [1.29, 1.82) is 0 Å². The first-order valence-corrected chi connectivity index (χ1v) is 11.6. The number of nitrogens with zero attached hydrogens (tertiary/aromatic N) is 3. The van der Waals surface area contributed by atoms with Crippen molar-refractivity contribution in [2.45, 2.75) is 19.0 Å². The quantitative estimate of drug-likeness (QED) is 0.315. The van der Waals surface area contributed by atoms with Crippen LogP contribution in [-0.2, 0) is 4.79 Å². The van der Waals surface area contributed by atoms with Gasteiger partial charge in [0.1, 0.15) is 0 Å². The number of rotatable bonds is 6. The van der Waals surface area contributed by atoms with E-state index >= 15 is 0 Å². The molecule has 0 unspecified atom stereocenters. The molecule has 4 aromatic rings. The van der Waals surface area contributed by atoms with Crippen molar-refractivity contribution in [2.75, 3.05) is 11.1 Å². The van der Waals surface area contributed by atoms with Crippen LogP contribution < -0.4 is 5.32 Å². The first-order chi connectivity index (χ1) is 15.4. The lowest BCUT2D eigenvalue weighted by Crippen LogP contribution is -2.15. The Morgan fingerprint density at radius 2 is 1.75 bits per heavy atom. The van der Waals surface area contributed by atoms with Crippen LogP contribution in [0.4, 0.5) is 5.69 Å². The third-order valence-corrected chi connectivity index (χ3v) is 6.34. The fraction of sp³-hybridized carbons (Fsp3) is 0.125. The summed E-state index contributed by atoms with van der Waals surface area (Å²) in [6.45, 7) is 3.95. The third kappa shape index (κ3) is 4.99. The summed E-state index contributed by atoms with van der Waals surface area (Å²) >= 11 is 13.8. The number of hydrogen-bond donors (Lipinski definition) is 1. The first-order valence-electron chi connectivity index (χ1n) is 9.88. The lowest BCUT2D eigenvalue weighted by molar-refractivity contribution is -0.113. The lowest BCUT2D eigenvalue weighted by atomic mass is 10.2. The van der Waals surface area contributed by atoms with Crippen molar-refractivity contribution in [2.24, 2.45) is 0 Å². The number of halogens is 2. The number of hydrogen-bond acceptors (Lipinski definition) is 4. The second-order valence-electron chi connectivity index (χ2n) is 7.25. The zero-order chi connectivity index (χ0) is 22.7. The summed E-state index contributed by atoms with van der Waals surface area (Å²) in [4.78, 5) is 12.6. The molecule has 0 radical (unpaired) electrons. The second kappa shape index (κ2) is 9.77. The van der Waals surface area contributed by atoms with Gasteiger partial charge in [0.15, 0.2) is 11.0 Å². The predicted octanol–water partition coefficient (Wildman–Crippen LogP) is 6.59. The molecule has 5 nitrogen and oxygen atoms in total. The minimum Gasteiger partial charge on any atom is -0.325 e. The molecule has 32 heavy (non-hydrogen) atoms. The van der Waals surface area contributed by atoms with Crippen LogP contribution in [0, 0.1) is 13.8 Å². The molecule has 1 heterocycles. The number of carbonyl (C=O) groups is 1. The van der Waals surface area contributed by atoms with E-state index in [4.69, 9.17) is 23.2 Å². The van der Waals surface area contributed by atoms with E-state index < -0.39 is 0 Å². The van der Waals surface area contributed by atoms with Gasteiger partial charge in [-0.2, -0.15) is 0 Å². The molecule has 0 atom stereocenters. The van der Waals surface area contributed by atoms with Crippen molar-refractivity contribution < 1.29 is 4.79 Å². The lowest BCUT2D eigenvalue weighted by Gasteiger charge is -2.12. The van der Waals surface area contributed by atoms with E-state index in [0.717, 1.165) is 22.4 Å². The molecule has 0 aliphatic heterocycles. The molecule has 162 valence electrons. The van der Waals surface area contributed by atoms with Gasteiger partial charge < -0.3 is 5.32 Å². The summed E-state index contributed by atoms with van der Waals surface area (Å²) in [6.07, 6.45) is 0. The Hall–Kier alpha value is -2.80. The Labute approximate surface area is 200 Å². The van der Waals surface area contributed by atoms with Crippen LogP contribution in [0.25, 0.3) is 17.1 Å². The highest BCUT2D eigenvalue weighted by Gasteiger charge is 2.19. The van der Waals surface area contributed by atoms with Gasteiger partial charge in [-0.15, -0.1) is 10.2 Å². The van der Waals surface area contributed by atoms with Gasteiger partial charge >= 0.3 is 0 Å². The number of benzene rings is 3. The van der Waals surface area contributed by atoms with Gasteiger partial charge in [0, 0.05) is 22.0 Å². The highest BCUT2D eigenvalue weighted by Crippen LogP contribution is 2.32. The third-order valence-electron chi connectivity index (χ3n) is 4.85. The fourth-order valence-electron chi connectivity index (χ4n) is 3.15. The molecular formula is C24H20Cl2N4OS. The van der Waals surface area contributed by atoms with Crippen LogP contribution in [0.15, 0.2) is 71.9 Å². The van der Waals surface area contributed by atoms with Crippen molar-refractivity contribution >= 4 is 46.6 Å². The van der Waals surface area contributed by atoms with E-state index in [9.17, 15) is 4.79 Å². The van der Waals surface area contributed by atoms with Crippen LogP contribution >= 0.6 is 35.0 Å². The SMILES string of the molecule is Cc1ccc(-n2c(SCC(=O)Nc3cc(Cl)ccc3C)nnc2-c2ccccc2Cl)cc1. The van der Waals surface area contributed by atoms with E-state index in [0.29, 0.717) is 26.7 Å². The van der Waals surface area contributed by atoms with Gasteiger partial charge in [0.2, 0.25) is 5.91 Å². The number of nitrogens with one attached hydrogen (secondary N) is 1. The molecule has 1 aromatic heterocycles. The van der Waals surface area contributed by atoms with Gasteiger partial charge in [-0.25, -0.2) is 0 Å². The molecule has 8 heteroatoms. The Morgan fingerprint density at radius 1 is 1.00 bits per heavy atom. The van der Waals surface area contributed by atoms with Gasteiger partial charge in [-0.1, -0.05) is 70.9 Å². The van der Waals surface area contributed by atoms with Crippen LogP contribution in [0.3, 0.4) is 0 Å². The summed E-state index contributed by atoms with van der Waals surface area (Å²) < 4.78 is 1.92. The van der Waals surface area contributed by atoms with Gasteiger partial charge in [0.05, 0.1) is 10.8 Å². The van der Waals surface area contributed by atoms with E-state index in [1.807, 2.05) is 73.0 Å². The highest BCUT2D eigenvalue weighted by atomic mass is 35.5. The fourth-order valence-corrected chi connectivity index (χ4v) is 4.30. The molecule has 1 N–H and O–H groups in total. The summed E-state index contributed by atoms with van der Waals surface area (Å²) in [5.74, 6) is 0.629. The number of aromatic nitrogens is 3. The normalized spacial score (nSPS) is 10.9. The van der Waals surface area contributed by atoms with Crippen molar-refractivity contribution in [3.8, 4) is 17.1 Å². The topological polar surface area (TPSA) is 59.8 Å². The molecule has 3 aromatic carbocycles. The average molecular weight is 483 g/mol.